The Bertz CT molecular complexity index is 1480. The smallest absolute Gasteiger partial charge is 0.175 e. The lowest BCUT2D eigenvalue weighted by atomic mass is 9.96. The van der Waals surface area contributed by atoms with E-state index in [2.05, 4.69) is 26.2 Å². The van der Waals surface area contributed by atoms with Crippen LogP contribution in [0.15, 0.2) is 30.5 Å². The topological polar surface area (TPSA) is 66.2 Å². The third kappa shape index (κ3) is 2.96. The van der Waals surface area contributed by atoms with Crippen molar-refractivity contribution in [3.8, 4) is 29.4 Å². The highest BCUT2D eigenvalue weighted by atomic mass is 19.1. The van der Waals surface area contributed by atoms with Gasteiger partial charge in [0.2, 0.25) is 0 Å². The van der Waals surface area contributed by atoms with Crippen LogP contribution in [0, 0.1) is 24.0 Å². The van der Waals surface area contributed by atoms with Crippen molar-refractivity contribution in [2.75, 3.05) is 18.0 Å². The standard InChI is InChI=1S/C25H21F2N5O/c1-3-17-20(26)7-4-13-8-16(33)9-18(21(13)17)23-22(27)24-19(10-28-23)25(30-31(24)2)32-11-14-5-6-15(12-32)29-14/h1,4,7-10,14-15,29,33H,5-6,11-12H2,2H3. The molecule has 0 saturated carbocycles. The summed E-state index contributed by atoms with van der Waals surface area (Å²) in [6, 6.07) is 6.40. The van der Waals surface area contributed by atoms with Gasteiger partial charge in [-0.05, 0) is 36.4 Å². The molecule has 4 aromatic rings. The molecule has 0 radical (unpaired) electrons. The van der Waals surface area contributed by atoms with Crippen molar-refractivity contribution in [1.82, 2.24) is 20.1 Å². The first-order chi connectivity index (χ1) is 15.9. The van der Waals surface area contributed by atoms with Crippen LogP contribution >= 0.6 is 0 Å². The average molecular weight is 445 g/mol. The van der Waals surface area contributed by atoms with Crippen LogP contribution in [0.5, 0.6) is 5.75 Å². The minimum absolute atomic E-state index is 0.00536. The number of halogens is 2. The molecule has 0 amide bonds. The van der Waals surface area contributed by atoms with Crippen LogP contribution < -0.4 is 10.2 Å². The maximum absolute atomic E-state index is 16.0. The summed E-state index contributed by atoms with van der Waals surface area (Å²) in [5, 5.41) is 19.9. The van der Waals surface area contributed by atoms with Crippen LogP contribution in [0.25, 0.3) is 32.9 Å². The van der Waals surface area contributed by atoms with E-state index in [0.29, 0.717) is 39.6 Å². The first-order valence-corrected chi connectivity index (χ1v) is 10.9. The monoisotopic (exact) mass is 445 g/mol. The van der Waals surface area contributed by atoms with Gasteiger partial charge in [-0.25, -0.2) is 8.78 Å². The van der Waals surface area contributed by atoms with Crippen LogP contribution in [0.1, 0.15) is 18.4 Å². The number of aromatic hydroxyl groups is 1. The molecule has 166 valence electrons. The second-order valence-electron chi connectivity index (χ2n) is 8.83. The van der Waals surface area contributed by atoms with Gasteiger partial charge in [0.05, 0.1) is 10.9 Å². The zero-order valence-electron chi connectivity index (χ0n) is 17.9. The van der Waals surface area contributed by atoms with Crippen LogP contribution in [-0.4, -0.2) is 45.0 Å². The van der Waals surface area contributed by atoms with Gasteiger partial charge in [0.15, 0.2) is 11.6 Å². The summed E-state index contributed by atoms with van der Waals surface area (Å²) >= 11 is 0. The minimum Gasteiger partial charge on any atom is -0.508 e. The maximum Gasteiger partial charge on any atom is 0.175 e. The Hall–Kier alpha value is -3.70. The van der Waals surface area contributed by atoms with Gasteiger partial charge in [-0.1, -0.05) is 12.0 Å². The molecule has 6 nitrogen and oxygen atoms in total. The number of rotatable bonds is 2. The first-order valence-electron chi connectivity index (χ1n) is 10.9. The molecular formula is C25H21F2N5O. The van der Waals surface area contributed by atoms with E-state index in [0.717, 1.165) is 25.9 Å². The van der Waals surface area contributed by atoms with E-state index in [1.807, 2.05) is 0 Å². The Morgan fingerprint density at radius 2 is 1.94 bits per heavy atom. The van der Waals surface area contributed by atoms with Crippen LogP contribution in [0.4, 0.5) is 14.6 Å². The van der Waals surface area contributed by atoms with Gasteiger partial charge in [-0.15, -0.1) is 6.42 Å². The van der Waals surface area contributed by atoms with Gasteiger partial charge in [0.1, 0.15) is 22.8 Å². The number of anilines is 1. The average Bonchev–Trinajstić information content (AvgIpc) is 3.32. The number of benzene rings is 2. The Balaban J connectivity index is 1.56. The molecule has 0 spiro atoms. The molecule has 2 atom stereocenters. The van der Waals surface area contributed by atoms with Crippen molar-refractivity contribution in [3.63, 3.8) is 0 Å². The van der Waals surface area contributed by atoms with Crippen molar-refractivity contribution in [2.24, 2.45) is 7.05 Å². The van der Waals surface area contributed by atoms with E-state index in [9.17, 15) is 9.50 Å². The van der Waals surface area contributed by atoms with E-state index < -0.39 is 11.6 Å². The SMILES string of the molecule is C#Cc1c(F)ccc2cc(O)cc(-c3ncc4c(N5CC6CCC(C5)N6)nn(C)c4c3F)c12. The predicted molar refractivity (Wildman–Crippen MR) is 123 cm³/mol. The lowest BCUT2D eigenvalue weighted by molar-refractivity contribution is 0.463. The fourth-order valence-electron chi connectivity index (χ4n) is 5.35. The van der Waals surface area contributed by atoms with E-state index in [-0.39, 0.29) is 22.6 Å². The highest BCUT2D eigenvalue weighted by Gasteiger charge is 2.34. The molecule has 33 heavy (non-hydrogen) atoms. The number of terminal acetylenes is 1. The van der Waals surface area contributed by atoms with Gasteiger partial charge < -0.3 is 15.3 Å². The Kier molecular flexibility index (Phi) is 4.32. The fraction of sp³-hybridized carbons (Fsp3) is 0.280. The lowest BCUT2D eigenvalue weighted by Crippen LogP contribution is -2.51. The van der Waals surface area contributed by atoms with Gasteiger partial charge in [-0.2, -0.15) is 5.10 Å². The molecule has 2 unspecified atom stereocenters. The molecule has 2 aliphatic heterocycles. The molecule has 2 aliphatic rings. The van der Waals surface area contributed by atoms with Crippen molar-refractivity contribution in [2.45, 2.75) is 24.9 Å². The summed E-state index contributed by atoms with van der Waals surface area (Å²) in [6.07, 6.45) is 9.43. The van der Waals surface area contributed by atoms with Crippen molar-refractivity contribution < 1.29 is 13.9 Å². The summed E-state index contributed by atoms with van der Waals surface area (Å²) in [5.74, 6) is 1.80. The van der Waals surface area contributed by atoms with E-state index in [1.54, 1.807) is 13.2 Å². The normalized spacial score (nSPS) is 20.0. The highest BCUT2D eigenvalue weighted by molar-refractivity contribution is 6.03. The summed E-state index contributed by atoms with van der Waals surface area (Å²) < 4.78 is 32.0. The second-order valence-corrected chi connectivity index (χ2v) is 8.83. The van der Waals surface area contributed by atoms with Gasteiger partial charge in [0.25, 0.3) is 0 Å². The lowest BCUT2D eigenvalue weighted by Gasteiger charge is -2.33. The molecule has 2 aromatic carbocycles. The number of aromatic nitrogens is 3. The van der Waals surface area contributed by atoms with Crippen LogP contribution in [-0.2, 0) is 7.05 Å². The van der Waals surface area contributed by atoms with Gasteiger partial charge in [-0.3, -0.25) is 9.67 Å². The van der Waals surface area contributed by atoms with E-state index >= 15 is 4.39 Å². The maximum atomic E-state index is 16.0. The van der Waals surface area contributed by atoms with Crippen molar-refractivity contribution in [1.29, 1.82) is 0 Å². The molecular weight excluding hydrogens is 424 g/mol. The minimum atomic E-state index is -0.592. The molecule has 2 bridgehead atoms. The zero-order valence-corrected chi connectivity index (χ0v) is 17.9. The summed E-state index contributed by atoms with van der Waals surface area (Å²) in [4.78, 5) is 6.61. The molecule has 2 saturated heterocycles. The van der Waals surface area contributed by atoms with Gasteiger partial charge in [0, 0.05) is 49.4 Å². The number of nitrogens with one attached hydrogen (secondary N) is 1. The second kappa shape index (κ2) is 7.15. The van der Waals surface area contributed by atoms with E-state index in [1.165, 1.54) is 28.9 Å². The summed E-state index contributed by atoms with van der Waals surface area (Å²) in [6.45, 7) is 1.63. The summed E-state index contributed by atoms with van der Waals surface area (Å²) in [7, 11) is 1.70. The number of hydrogen-bond donors (Lipinski definition) is 2. The highest BCUT2D eigenvalue weighted by Crippen LogP contribution is 2.39. The molecule has 2 N–H and O–H groups in total. The largest absolute Gasteiger partial charge is 0.508 e. The van der Waals surface area contributed by atoms with Gasteiger partial charge >= 0.3 is 0 Å². The third-order valence-electron chi connectivity index (χ3n) is 6.77. The molecule has 8 heteroatoms. The number of pyridine rings is 1. The quantitative estimate of drug-likeness (QED) is 0.461. The molecule has 0 aliphatic carbocycles. The number of phenolic OH excluding ortho intramolecular Hbond substituents is 1. The van der Waals surface area contributed by atoms with E-state index in [4.69, 9.17) is 6.42 Å². The number of aryl methyl sites for hydroxylation is 1. The Morgan fingerprint density at radius 3 is 2.67 bits per heavy atom. The number of piperazine rings is 1. The number of nitrogens with zero attached hydrogens (tertiary/aromatic N) is 4. The summed E-state index contributed by atoms with van der Waals surface area (Å²) in [5.41, 5.74) is 0.530. The molecule has 6 rings (SSSR count). The Labute approximate surface area is 188 Å². The predicted octanol–water partition coefficient (Wildman–Crippen LogP) is 3.69. The van der Waals surface area contributed by atoms with Crippen molar-refractivity contribution in [3.05, 3.63) is 47.7 Å². The molecule has 2 fully saturated rings. The Morgan fingerprint density at radius 1 is 1.18 bits per heavy atom. The number of phenols is 1. The first kappa shape index (κ1) is 19.9. The number of hydrogen-bond acceptors (Lipinski definition) is 5. The van der Waals surface area contributed by atoms with Crippen LogP contribution in [0.3, 0.4) is 0 Å². The zero-order chi connectivity index (χ0) is 22.9. The number of fused-ring (bicyclic) bond motifs is 4. The fourth-order valence-corrected chi connectivity index (χ4v) is 5.35. The molecule has 2 aromatic heterocycles. The van der Waals surface area contributed by atoms with Crippen LogP contribution in [0.2, 0.25) is 0 Å². The third-order valence-corrected chi connectivity index (χ3v) is 6.77. The van der Waals surface area contributed by atoms with Crippen molar-refractivity contribution >= 4 is 27.5 Å². The molecule has 4 heterocycles.